The SMILES string of the molecule is CC1(C)C2CCC(C(=N)N)C1C2. The van der Waals surface area contributed by atoms with E-state index in [0.717, 1.165) is 12.3 Å². The van der Waals surface area contributed by atoms with Crippen molar-refractivity contribution in [3.8, 4) is 0 Å². The summed E-state index contributed by atoms with van der Waals surface area (Å²) in [5, 5.41) is 7.50. The van der Waals surface area contributed by atoms with Crippen LogP contribution in [0.5, 0.6) is 0 Å². The average molecular weight is 166 g/mol. The fourth-order valence-electron chi connectivity index (χ4n) is 3.18. The van der Waals surface area contributed by atoms with Gasteiger partial charge in [-0.1, -0.05) is 13.8 Å². The van der Waals surface area contributed by atoms with Crippen molar-refractivity contribution >= 4 is 5.84 Å². The molecule has 3 unspecified atom stereocenters. The first kappa shape index (κ1) is 8.09. The summed E-state index contributed by atoms with van der Waals surface area (Å²) in [7, 11) is 0. The zero-order valence-electron chi connectivity index (χ0n) is 7.93. The Labute approximate surface area is 74.0 Å². The molecule has 3 atom stereocenters. The molecule has 68 valence electrons. The third-order valence-electron chi connectivity index (χ3n) is 4.26. The van der Waals surface area contributed by atoms with Crippen LogP contribution in [0.1, 0.15) is 33.1 Å². The van der Waals surface area contributed by atoms with Gasteiger partial charge >= 0.3 is 0 Å². The van der Waals surface area contributed by atoms with Gasteiger partial charge in [-0.15, -0.1) is 0 Å². The Bertz CT molecular complexity index is 218. The quantitative estimate of drug-likeness (QED) is 0.454. The van der Waals surface area contributed by atoms with Crippen LogP contribution in [-0.2, 0) is 0 Å². The largest absolute Gasteiger partial charge is 0.387 e. The third kappa shape index (κ3) is 0.838. The molecule has 3 aliphatic rings. The minimum atomic E-state index is 0.394. The van der Waals surface area contributed by atoms with Crippen molar-refractivity contribution in [2.75, 3.05) is 0 Å². The molecule has 0 heterocycles. The second-order valence-electron chi connectivity index (χ2n) is 5.00. The Morgan fingerprint density at radius 1 is 1.42 bits per heavy atom. The van der Waals surface area contributed by atoms with Crippen molar-refractivity contribution in [2.45, 2.75) is 33.1 Å². The van der Waals surface area contributed by atoms with E-state index in [1.165, 1.54) is 12.8 Å². The van der Waals surface area contributed by atoms with Crippen LogP contribution >= 0.6 is 0 Å². The highest BCUT2D eigenvalue weighted by molar-refractivity contribution is 5.80. The Morgan fingerprint density at radius 3 is 2.42 bits per heavy atom. The predicted molar refractivity (Wildman–Crippen MR) is 50.0 cm³/mol. The lowest BCUT2D eigenvalue weighted by Gasteiger charge is -2.59. The maximum Gasteiger partial charge on any atom is 0.0939 e. The summed E-state index contributed by atoms with van der Waals surface area (Å²) >= 11 is 0. The minimum absolute atomic E-state index is 0.394. The van der Waals surface area contributed by atoms with Gasteiger partial charge in [-0.05, 0) is 36.5 Å². The molecule has 2 bridgehead atoms. The fraction of sp³-hybridized carbons (Fsp3) is 0.900. The maximum atomic E-state index is 7.50. The van der Waals surface area contributed by atoms with Crippen molar-refractivity contribution in [3.05, 3.63) is 0 Å². The molecule has 0 amide bonds. The lowest BCUT2D eigenvalue weighted by molar-refractivity contribution is -0.0853. The predicted octanol–water partition coefficient (Wildman–Crippen LogP) is 1.99. The van der Waals surface area contributed by atoms with Crippen molar-refractivity contribution < 1.29 is 0 Å². The van der Waals surface area contributed by atoms with Crippen LogP contribution in [0.4, 0.5) is 0 Å². The smallest absolute Gasteiger partial charge is 0.0939 e. The van der Waals surface area contributed by atoms with Crippen molar-refractivity contribution in [1.82, 2.24) is 0 Å². The molecule has 3 N–H and O–H groups in total. The molecule has 3 saturated carbocycles. The number of rotatable bonds is 1. The molecule has 3 aliphatic carbocycles. The third-order valence-corrected chi connectivity index (χ3v) is 4.26. The van der Waals surface area contributed by atoms with Gasteiger partial charge in [0.15, 0.2) is 0 Å². The van der Waals surface area contributed by atoms with E-state index in [2.05, 4.69) is 13.8 Å². The number of hydrogen-bond acceptors (Lipinski definition) is 1. The number of nitrogens with one attached hydrogen (secondary N) is 1. The Kier molecular flexibility index (Phi) is 1.51. The summed E-state index contributed by atoms with van der Waals surface area (Å²) in [4.78, 5) is 0. The first-order chi connectivity index (χ1) is 5.53. The summed E-state index contributed by atoms with van der Waals surface area (Å²) in [5.41, 5.74) is 6.05. The van der Waals surface area contributed by atoms with Gasteiger partial charge in [-0.2, -0.15) is 0 Å². The Morgan fingerprint density at radius 2 is 2.08 bits per heavy atom. The van der Waals surface area contributed by atoms with Gasteiger partial charge < -0.3 is 5.73 Å². The molecular formula is C10H18N2. The van der Waals surface area contributed by atoms with E-state index < -0.39 is 0 Å². The van der Waals surface area contributed by atoms with Gasteiger partial charge in [0, 0.05) is 5.92 Å². The zero-order chi connectivity index (χ0) is 8.93. The normalized spacial score (nSPS) is 43.3. The van der Waals surface area contributed by atoms with E-state index in [4.69, 9.17) is 11.1 Å². The molecule has 0 aliphatic heterocycles. The monoisotopic (exact) mass is 166 g/mol. The average Bonchev–Trinajstić information content (AvgIpc) is 2.04. The number of hydrogen-bond donors (Lipinski definition) is 2. The Balaban J connectivity index is 2.16. The van der Waals surface area contributed by atoms with E-state index in [1.807, 2.05) is 0 Å². The van der Waals surface area contributed by atoms with E-state index >= 15 is 0 Å². The fourth-order valence-corrected chi connectivity index (χ4v) is 3.18. The first-order valence-electron chi connectivity index (χ1n) is 4.87. The molecule has 0 aromatic rings. The molecule has 12 heavy (non-hydrogen) atoms. The molecule has 3 fully saturated rings. The van der Waals surface area contributed by atoms with E-state index in [1.54, 1.807) is 0 Å². The molecule has 0 aromatic carbocycles. The number of nitrogens with two attached hydrogens (primary N) is 1. The Hall–Kier alpha value is -0.530. The molecule has 3 rings (SSSR count). The van der Waals surface area contributed by atoms with Crippen LogP contribution in [0.2, 0.25) is 0 Å². The molecule has 2 nitrogen and oxygen atoms in total. The van der Waals surface area contributed by atoms with Gasteiger partial charge in [-0.3, -0.25) is 5.41 Å². The maximum absolute atomic E-state index is 7.50. The van der Waals surface area contributed by atoms with Gasteiger partial charge in [0.2, 0.25) is 0 Å². The van der Waals surface area contributed by atoms with Gasteiger partial charge in [0.1, 0.15) is 0 Å². The van der Waals surface area contributed by atoms with Crippen LogP contribution in [0.3, 0.4) is 0 Å². The van der Waals surface area contributed by atoms with E-state index in [0.29, 0.717) is 23.1 Å². The summed E-state index contributed by atoms with van der Waals surface area (Å²) in [6.45, 7) is 4.67. The summed E-state index contributed by atoms with van der Waals surface area (Å²) in [5.74, 6) is 2.43. The molecule has 0 aromatic heterocycles. The summed E-state index contributed by atoms with van der Waals surface area (Å²) in [6, 6.07) is 0. The number of fused-ring (bicyclic) bond motifs is 2. The van der Waals surface area contributed by atoms with Gasteiger partial charge in [0.05, 0.1) is 5.84 Å². The molecule has 2 heteroatoms. The first-order valence-corrected chi connectivity index (χ1v) is 4.87. The molecule has 0 radical (unpaired) electrons. The van der Waals surface area contributed by atoms with Crippen molar-refractivity contribution in [1.29, 1.82) is 5.41 Å². The second-order valence-corrected chi connectivity index (χ2v) is 5.00. The van der Waals surface area contributed by atoms with E-state index in [-0.39, 0.29) is 0 Å². The topological polar surface area (TPSA) is 49.9 Å². The molecular weight excluding hydrogens is 148 g/mol. The van der Waals surface area contributed by atoms with Gasteiger partial charge in [0.25, 0.3) is 0 Å². The highest BCUT2D eigenvalue weighted by Crippen LogP contribution is 2.61. The minimum Gasteiger partial charge on any atom is -0.387 e. The second kappa shape index (κ2) is 2.24. The standard InChI is InChI=1S/C10H18N2/c1-10(2)6-3-4-7(9(11)12)8(10)5-6/h6-8H,3-5H2,1-2H3,(H3,11,12). The summed E-state index contributed by atoms with van der Waals surface area (Å²) < 4.78 is 0. The van der Waals surface area contributed by atoms with Crippen molar-refractivity contribution in [2.24, 2.45) is 28.9 Å². The highest BCUT2D eigenvalue weighted by Gasteiger charge is 2.54. The van der Waals surface area contributed by atoms with Crippen LogP contribution in [0, 0.1) is 28.6 Å². The van der Waals surface area contributed by atoms with Crippen LogP contribution in [0.15, 0.2) is 0 Å². The van der Waals surface area contributed by atoms with Crippen molar-refractivity contribution in [3.63, 3.8) is 0 Å². The van der Waals surface area contributed by atoms with E-state index in [9.17, 15) is 0 Å². The molecule has 0 spiro atoms. The molecule has 0 saturated heterocycles. The zero-order valence-corrected chi connectivity index (χ0v) is 7.93. The number of amidine groups is 1. The summed E-state index contributed by atoms with van der Waals surface area (Å²) in [6.07, 6.45) is 3.76. The van der Waals surface area contributed by atoms with Crippen LogP contribution in [0.25, 0.3) is 0 Å². The lowest BCUT2D eigenvalue weighted by Crippen LogP contribution is -2.55. The van der Waals surface area contributed by atoms with Gasteiger partial charge in [-0.25, -0.2) is 0 Å². The van der Waals surface area contributed by atoms with Crippen LogP contribution in [-0.4, -0.2) is 5.84 Å². The highest BCUT2D eigenvalue weighted by atomic mass is 14.8. The lowest BCUT2D eigenvalue weighted by atomic mass is 9.45. The van der Waals surface area contributed by atoms with Crippen LogP contribution < -0.4 is 5.73 Å².